The number of alkyl halides is 3. The average Bonchev–Trinajstić information content (AvgIpc) is 2.47. The number of rotatable bonds is 2. The highest BCUT2D eigenvalue weighted by Gasteiger charge is 2.31. The molecule has 1 aliphatic heterocycles. The van der Waals surface area contributed by atoms with E-state index >= 15 is 0 Å². The van der Waals surface area contributed by atoms with E-state index in [2.05, 4.69) is 10.1 Å². The second-order valence-corrected chi connectivity index (χ2v) is 7.37. The molecular weight excluding hydrogens is 307 g/mol. The third kappa shape index (κ3) is 4.89. The van der Waals surface area contributed by atoms with Crippen LogP contribution in [0.1, 0.15) is 24.9 Å². The SMILES string of the molecule is CC1CCS(=O)(=O)CC(c2ccc(OC(F)(F)F)cc2)N1. The third-order valence-corrected chi connectivity index (χ3v) is 4.98. The Morgan fingerprint density at radius 3 is 2.43 bits per heavy atom. The minimum atomic E-state index is -4.74. The van der Waals surface area contributed by atoms with Crippen molar-refractivity contribution in [3.05, 3.63) is 29.8 Å². The summed E-state index contributed by atoms with van der Waals surface area (Å²) in [7, 11) is -3.16. The second-order valence-electron chi connectivity index (χ2n) is 5.14. The van der Waals surface area contributed by atoms with Crippen molar-refractivity contribution < 1.29 is 26.3 Å². The molecule has 21 heavy (non-hydrogen) atoms. The molecule has 0 radical (unpaired) electrons. The van der Waals surface area contributed by atoms with Gasteiger partial charge in [0, 0.05) is 12.1 Å². The molecular formula is C13H16F3NO3S. The lowest BCUT2D eigenvalue weighted by atomic mass is 10.1. The zero-order valence-electron chi connectivity index (χ0n) is 11.4. The highest BCUT2D eigenvalue weighted by atomic mass is 32.2. The first-order chi connectivity index (χ1) is 9.65. The van der Waals surface area contributed by atoms with Crippen molar-refractivity contribution in [2.75, 3.05) is 11.5 Å². The Morgan fingerprint density at radius 2 is 1.86 bits per heavy atom. The molecule has 0 aliphatic carbocycles. The Labute approximate surface area is 121 Å². The van der Waals surface area contributed by atoms with Crippen LogP contribution in [-0.2, 0) is 9.84 Å². The van der Waals surface area contributed by atoms with Crippen LogP contribution < -0.4 is 10.1 Å². The summed E-state index contributed by atoms with van der Waals surface area (Å²) in [4.78, 5) is 0. The molecule has 1 aromatic rings. The van der Waals surface area contributed by atoms with E-state index in [0.717, 1.165) is 0 Å². The Hall–Kier alpha value is -1.28. The maximum Gasteiger partial charge on any atom is 0.573 e. The maximum absolute atomic E-state index is 12.1. The van der Waals surface area contributed by atoms with Crippen LogP contribution in [0.2, 0.25) is 0 Å². The van der Waals surface area contributed by atoms with Crippen molar-refractivity contribution in [2.45, 2.75) is 31.8 Å². The van der Waals surface area contributed by atoms with Crippen LogP contribution in [-0.4, -0.2) is 32.3 Å². The molecule has 1 heterocycles. The molecule has 0 spiro atoms. The Morgan fingerprint density at radius 1 is 1.24 bits per heavy atom. The van der Waals surface area contributed by atoms with Gasteiger partial charge in [-0.3, -0.25) is 0 Å². The van der Waals surface area contributed by atoms with Gasteiger partial charge >= 0.3 is 6.36 Å². The summed E-state index contributed by atoms with van der Waals surface area (Å²) in [5, 5.41) is 3.18. The van der Waals surface area contributed by atoms with Crippen molar-refractivity contribution in [2.24, 2.45) is 0 Å². The summed E-state index contributed by atoms with van der Waals surface area (Å²) in [5.41, 5.74) is 0.627. The highest BCUT2D eigenvalue weighted by Crippen LogP contribution is 2.26. The van der Waals surface area contributed by atoms with Crippen LogP contribution in [0.5, 0.6) is 5.75 Å². The molecule has 1 aromatic carbocycles. The molecule has 1 aliphatic rings. The normalized spacial score (nSPS) is 26.1. The number of ether oxygens (including phenoxy) is 1. The molecule has 0 saturated carbocycles. The van der Waals surface area contributed by atoms with Crippen LogP contribution in [0.15, 0.2) is 24.3 Å². The summed E-state index contributed by atoms with van der Waals surface area (Å²) in [6.45, 7) is 1.88. The molecule has 4 nitrogen and oxygen atoms in total. The highest BCUT2D eigenvalue weighted by molar-refractivity contribution is 7.91. The fraction of sp³-hybridized carbons (Fsp3) is 0.538. The second kappa shape index (κ2) is 5.84. The van der Waals surface area contributed by atoms with Gasteiger partial charge in [-0.1, -0.05) is 12.1 Å². The van der Waals surface area contributed by atoms with E-state index in [1.54, 1.807) is 0 Å². The molecule has 1 saturated heterocycles. The lowest BCUT2D eigenvalue weighted by Crippen LogP contribution is -2.31. The van der Waals surface area contributed by atoms with Gasteiger partial charge in [-0.25, -0.2) is 8.42 Å². The van der Waals surface area contributed by atoms with Gasteiger partial charge in [0.15, 0.2) is 9.84 Å². The predicted octanol–water partition coefficient (Wildman–Crippen LogP) is 2.42. The predicted molar refractivity (Wildman–Crippen MR) is 71.7 cm³/mol. The van der Waals surface area contributed by atoms with Crippen LogP contribution in [0, 0.1) is 0 Å². The molecule has 118 valence electrons. The van der Waals surface area contributed by atoms with Crippen molar-refractivity contribution in [1.29, 1.82) is 0 Å². The van der Waals surface area contributed by atoms with Crippen molar-refractivity contribution in [3.8, 4) is 5.75 Å². The summed E-state index contributed by atoms with van der Waals surface area (Å²) < 4.78 is 63.7. The van der Waals surface area contributed by atoms with E-state index in [1.807, 2.05) is 6.92 Å². The first-order valence-corrected chi connectivity index (χ1v) is 8.29. The van der Waals surface area contributed by atoms with Crippen LogP contribution in [0.25, 0.3) is 0 Å². The third-order valence-electron chi connectivity index (χ3n) is 3.28. The maximum atomic E-state index is 12.1. The topological polar surface area (TPSA) is 55.4 Å². The van der Waals surface area contributed by atoms with Crippen molar-refractivity contribution in [1.82, 2.24) is 5.32 Å². The molecule has 8 heteroatoms. The van der Waals surface area contributed by atoms with E-state index in [-0.39, 0.29) is 23.3 Å². The largest absolute Gasteiger partial charge is 0.573 e. The minimum absolute atomic E-state index is 0.0263. The smallest absolute Gasteiger partial charge is 0.406 e. The van der Waals surface area contributed by atoms with E-state index in [4.69, 9.17) is 0 Å². The van der Waals surface area contributed by atoms with Crippen molar-refractivity contribution in [3.63, 3.8) is 0 Å². The van der Waals surface area contributed by atoms with E-state index in [0.29, 0.717) is 12.0 Å². The summed E-state index contributed by atoms with van der Waals surface area (Å²) in [6, 6.07) is 4.88. The van der Waals surface area contributed by atoms with Gasteiger partial charge in [-0.05, 0) is 31.0 Å². The van der Waals surface area contributed by atoms with Crippen LogP contribution >= 0.6 is 0 Å². The van der Waals surface area contributed by atoms with Gasteiger partial charge in [0.05, 0.1) is 11.5 Å². The molecule has 0 bridgehead atoms. The number of benzene rings is 1. The zero-order chi connectivity index (χ0) is 15.7. The van der Waals surface area contributed by atoms with Gasteiger partial charge in [-0.2, -0.15) is 0 Å². The van der Waals surface area contributed by atoms with Gasteiger partial charge in [0.25, 0.3) is 0 Å². The molecule has 0 aromatic heterocycles. The summed E-state index contributed by atoms with van der Waals surface area (Å²) >= 11 is 0. The van der Waals surface area contributed by atoms with E-state index in [1.165, 1.54) is 24.3 Å². The average molecular weight is 323 g/mol. The van der Waals surface area contributed by atoms with Gasteiger partial charge in [0.1, 0.15) is 5.75 Å². The van der Waals surface area contributed by atoms with Crippen LogP contribution in [0.3, 0.4) is 0 Å². The number of hydrogen-bond donors (Lipinski definition) is 1. The van der Waals surface area contributed by atoms with Gasteiger partial charge < -0.3 is 10.1 Å². The number of nitrogens with one attached hydrogen (secondary N) is 1. The van der Waals surface area contributed by atoms with E-state index < -0.39 is 22.2 Å². The quantitative estimate of drug-likeness (QED) is 0.908. The monoisotopic (exact) mass is 323 g/mol. The minimum Gasteiger partial charge on any atom is -0.406 e. The first-order valence-electron chi connectivity index (χ1n) is 6.47. The molecule has 0 amide bonds. The molecule has 1 fully saturated rings. The van der Waals surface area contributed by atoms with E-state index in [9.17, 15) is 21.6 Å². The lowest BCUT2D eigenvalue weighted by molar-refractivity contribution is -0.274. The number of hydrogen-bond acceptors (Lipinski definition) is 4. The molecule has 2 atom stereocenters. The molecule has 2 unspecified atom stereocenters. The first kappa shape index (κ1) is 16.1. The number of halogens is 3. The summed E-state index contributed by atoms with van der Waals surface area (Å²) in [5.74, 6) is -0.264. The number of sulfone groups is 1. The molecule has 2 rings (SSSR count). The lowest BCUT2D eigenvalue weighted by Gasteiger charge is -2.19. The van der Waals surface area contributed by atoms with Gasteiger partial charge in [0.2, 0.25) is 0 Å². The van der Waals surface area contributed by atoms with Crippen molar-refractivity contribution >= 4 is 9.84 Å². The fourth-order valence-corrected chi connectivity index (χ4v) is 3.94. The molecule has 1 N–H and O–H groups in total. The standard InChI is InChI=1S/C13H16F3NO3S/c1-9-6-7-21(18,19)8-12(17-9)10-2-4-11(5-3-10)20-13(14,15)16/h2-5,9,12,17H,6-8H2,1H3. The fourth-order valence-electron chi connectivity index (χ4n) is 2.26. The Balaban J connectivity index is 2.17. The summed E-state index contributed by atoms with van der Waals surface area (Å²) in [6.07, 6.45) is -4.21. The Kier molecular flexibility index (Phi) is 4.48. The van der Waals surface area contributed by atoms with Crippen LogP contribution in [0.4, 0.5) is 13.2 Å². The zero-order valence-corrected chi connectivity index (χ0v) is 12.2. The van der Waals surface area contributed by atoms with Gasteiger partial charge in [-0.15, -0.1) is 13.2 Å². The Bertz CT molecular complexity index is 584.